The van der Waals surface area contributed by atoms with E-state index in [0.29, 0.717) is 6.54 Å². The topological polar surface area (TPSA) is 41.6 Å². The Morgan fingerprint density at radius 1 is 0.919 bits per heavy atom. The van der Waals surface area contributed by atoms with Crippen molar-refractivity contribution >= 4 is 5.91 Å². The zero-order chi connectivity index (χ0) is 25.6. The molecule has 0 radical (unpaired) electrons. The molecule has 0 saturated carbocycles. The third kappa shape index (κ3) is 6.10. The predicted octanol–water partition coefficient (Wildman–Crippen LogP) is 6.23. The molecule has 188 valence electrons. The number of hydrogen-bond donors (Lipinski definition) is 1. The number of nitrogens with zero attached hydrogens (tertiary/aromatic N) is 1. The molecule has 0 bridgehead atoms. The molecule has 4 nitrogen and oxygen atoms in total. The molecule has 1 aliphatic rings. The van der Waals surface area contributed by atoms with E-state index in [-0.39, 0.29) is 11.9 Å². The van der Waals surface area contributed by atoms with Crippen molar-refractivity contribution in [1.29, 1.82) is 0 Å². The number of ether oxygens (including phenoxy) is 1. The number of carbonyl (C=O) groups excluding carboxylic acids is 1. The van der Waals surface area contributed by atoms with Crippen molar-refractivity contribution in [2.24, 2.45) is 0 Å². The van der Waals surface area contributed by atoms with Gasteiger partial charge in [0.2, 0.25) is 0 Å². The van der Waals surface area contributed by atoms with Gasteiger partial charge in [-0.15, -0.1) is 0 Å². The normalized spacial score (nSPS) is 16.0. The van der Waals surface area contributed by atoms with Crippen molar-refractivity contribution in [2.75, 3.05) is 6.54 Å². The number of carbonyl (C=O) groups is 1. The molecule has 0 aliphatic carbocycles. The van der Waals surface area contributed by atoms with Crippen molar-refractivity contribution in [1.82, 2.24) is 10.2 Å². The largest absolute Gasteiger partial charge is 0.481 e. The van der Waals surface area contributed by atoms with Gasteiger partial charge in [0.05, 0.1) is 6.04 Å². The summed E-state index contributed by atoms with van der Waals surface area (Å²) in [6.07, 6.45) is 0.390. The summed E-state index contributed by atoms with van der Waals surface area (Å²) < 4.78 is 6.15. The molecule has 0 saturated heterocycles. The molecular weight excluding hydrogens is 456 g/mol. The fourth-order valence-electron chi connectivity index (χ4n) is 5.15. The molecule has 4 heteroatoms. The van der Waals surface area contributed by atoms with Crippen LogP contribution in [-0.2, 0) is 24.3 Å². The highest BCUT2D eigenvalue weighted by Gasteiger charge is 2.29. The van der Waals surface area contributed by atoms with E-state index in [1.54, 1.807) is 6.92 Å². The Hall–Kier alpha value is -3.89. The summed E-state index contributed by atoms with van der Waals surface area (Å²) in [6.45, 7) is 6.30. The Bertz CT molecular complexity index is 1340. The number of fused-ring (bicyclic) bond motifs is 1. The first-order valence-corrected chi connectivity index (χ1v) is 13.0. The lowest BCUT2D eigenvalue weighted by atomic mass is 9.87. The fourth-order valence-corrected chi connectivity index (χ4v) is 5.15. The third-order valence-corrected chi connectivity index (χ3v) is 7.02. The second-order valence-corrected chi connectivity index (χ2v) is 9.85. The molecule has 1 N–H and O–H groups in total. The SMILES string of the molecule is Cc1cccc(CN2CCc3ccc(OC(C)C(=O)NCc4ccccc4)cc3C2c2ccccc2)c1. The van der Waals surface area contributed by atoms with Crippen molar-refractivity contribution in [3.8, 4) is 5.75 Å². The second kappa shape index (κ2) is 11.4. The fraction of sp³-hybridized carbons (Fsp3) is 0.242. The van der Waals surface area contributed by atoms with Gasteiger partial charge in [-0.1, -0.05) is 96.6 Å². The summed E-state index contributed by atoms with van der Waals surface area (Å²) in [5.74, 6) is 0.599. The van der Waals surface area contributed by atoms with Gasteiger partial charge in [-0.3, -0.25) is 9.69 Å². The predicted molar refractivity (Wildman–Crippen MR) is 148 cm³/mol. The highest BCUT2D eigenvalue weighted by molar-refractivity contribution is 5.80. The van der Waals surface area contributed by atoms with Crippen LogP contribution in [0.2, 0.25) is 0 Å². The Morgan fingerprint density at radius 2 is 1.65 bits per heavy atom. The number of rotatable bonds is 8. The first kappa shape index (κ1) is 24.8. The van der Waals surface area contributed by atoms with Crippen LogP contribution >= 0.6 is 0 Å². The van der Waals surface area contributed by atoms with Gasteiger partial charge in [0, 0.05) is 19.6 Å². The molecule has 1 aliphatic heterocycles. The Balaban J connectivity index is 1.36. The summed E-state index contributed by atoms with van der Waals surface area (Å²) in [7, 11) is 0. The van der Waals surface area contributed by atoms with Gasteiger partial charge in [0.1, 0.15) is 5.75 Å². The minimum Gasteiger partial charge on any atom is -0.481 e. The lowest BCUT2D eigenvalue weighted by Gasteiger charge is -2.38. The van der Waals surface area contributed by atoms with Gasteiger partial charge in [-0.05, 0) is 60.2 Å². The minimum atomic E-state index is -0.594. The molecule has 0 aromatic heterocycles. The first-order valence-electron chi connectivity index (χ1n) is 13.0. The maximum atomic E-state index is 12.7. The third-order valence-electron chi connectivity index (χ3n) is 7.02. The van der Waals surface area contributed by atoms with Crippen LogP contribution in [0.3, 0.4) is 0 Å². The summed E-state index contributed by atoms with van der Waals surface area (Å²) in [5, 5.41) is 2.98. The van der Waals surface area contributed by atoms with Crippen LogP contribution in [0.4, 0.5) is 0 Å². The van der Waals surface area contributed by atoms with E-state index in [4.69, 9.17) is 4.74 Å². The van der Waals surface area contributed by atoms with Crippen molar-refractivity contribution in [3.63, 3.8) is 0 Å². The van der Waals surface area contributed by atoms with E-state index >= 15 is 0 Å². The Labute approximate surface area is 219 Å². The van der Waals surface area contributed by atoms with Gasteiger partial charge in [-0.2, -0.15) is 0 Å². The number of amides is 1. The zero-order valence-corrected chi connectivity index (χ0v) is 21.6. The summed E-state index contributed by atoms with van der Waals surface area (Å²) in [6, 6.07) is 35.8. The maximum Gasteiger partial charge on any atom is 0.261 e. The van der Waals surface area contributed by atoms with Crippen LogP contribution in [0.25, 0.3) is 0 Å². The van der Waals surface area contributed by atoms with Crippen molar-refractivity contribution in [2.45, 2.75) is 45.5 Å². The Kier molecular flexibility index (Phi) is 7.67. The van der Waals surface area contributed by atoms with E-state index < -0.39 is 6.10 Å². The molecule has 0 spiro atoms. The maximum absolute atomic E-state index is 12.7. The molecule has 5 rings (SSSR count). The van der Waals surface area contributed by atoms with E-state index in [9.17, 15) is 4.79 Å². The van der Waals surface area contributed by atoms with Gasteiger partial charge in [-0.25, -0.2) is 0 Å². The van der Waals surface area contributed by atoms with Crippen LogP contribution in [0.15, 0.2) is 103 Å². The molecule has 1 heterocycles. The summed E-state index contributed by atoms with van der Waals surface area (Å²) in [5.41, 5.74) is 7.52. The number of aryl methyl sites for hydroxylation is 1. The van der Waals surface area contributed by atoms with E-state index in [0.717, 1.165) is 30.8 Å². The molecular formula is C33H34N2O2. The first-order chi connectivity index (χ1) is 18.1. The standard InChI is InChI=1S/C33H34N2O2/c1-24-10-9-13-27(20-24)23-35-19-18-28-16-17-30(21-31(28)32(35)29-14-7-4-8-15-29)37-25(2)33(36)34-22-26-11-5-3-6-12-26/h3-17,20-21,25,32H,18-19,22-23H2,1-2H3,(H,34,36). The van der Waals surface area contributed by atoms with Gasteiger partial charge >= 0.3 is 0 Å². The van der Waals surface area contributed by atoms with E-state index in [2.05, 4.69) is 83.9 Å². The smallest absolute Gasteiger partial charge is 0.261 e. The lowest BCUT2D eigenvalue weighted by Crippen LogP contribution is -2.37. The molecule has 1 amide bonds. The molecule has 4 aromatic rings. The lowest BCUT2D eigenvalue weighted by molar-refractivity contribution is -0.127. The molecule has 2 atom stereocenters. The average Bonchev–Trinajstić information content (AvgIpc) is 2.92. The molecule has 0 fully saturated rings. The molecule has 2 unspecified atom stereocenters. The van der Waals surface area contributed by atoms with Crippen molar-refractivity contribution < 1.29 is 9.53 Å². The van der Waals surface area contributed by atoms with Crippen LogP contribution in [0, 0.1) is 6.92 Å². The summed E-state index contributed by atoms with van der Waals surface area (Å²) in [4.78, 5) is 15.3. The van der Waals surface area contributed by atoms with Gasteiger partial charge in [0.15, 0.2) is 6.10 Å². The summed E-state index contributed by atoms with van der Waals surface area (Å²) >= 11 is 0. The van der Waals surface area contributed by atoms with Crippen LogP contribution in [-0.4, -0.2) is 23.5 Å². The second-order valence-electron chi connectivity index (χ2n) is 9.85. The van der Waals surface area contributed by atoms with Crippen molar-refractivity contribution in [3.05, 3.63) is 137 Å². The Morgan fingerprint density at radius 3 is 2.41 bits per heavy atom. The number of nitrogens with one attached hydrogen (secondary N) is 1. The quantitative estimate of drug-likeness (QED) is 0.319. The van der Waals surface area contributed by atoms with Gasteiger partial charge < -0.3 is 10.1 Å². The van der Waals surface area contributed by atoms with Crippen LogP contribution in [0.1, 0.15) is 46.3 Å². The van der Waals surface area contributed by atoms with Crippen LogP contribution in [0.5, 0.6) is 5.75 Å². The minimum absolute atomic E-state index is 0.122. The number of hydrogen-bond acceptors (Lipinski definition) is 3. The van der Waals surface area contributed by atoms with E-state index in [1.807, 2.05) is 36.4 Å². The van der Waals surface area contributed by atoms with Gasteiger partial charge in [0.25, 0.3) is 5.91 Å². The number of benzene rings is 4. The highest BCUT2D eigenvalue weighted by atomic mass is 16.5. The zero-order valence-electron chi connectivity index (χ0n) is 21.6. The highest BCUT2D eigenvalue weighted by Crippen LogP contribution is 2.38. The molecule has 37 heavy (non-hydrogen) atoms. The van der Waals surface area contributed by atoms with E-state index in [1.165, 1.54) is 27.8 Å². The van der Waals surface area contributed by atoms with Crippen LogP contribution < -0.4 is 10.1 Å². The monoisotopic (exact) mass is 490 g/mol. The average molecular weight is 491 g/mol. The molecule has 4 aromatic carbocycles.